The summed E-state index contributed by atoms with van der Waals surface area (Å²) in [7, 11) is 0. The highest BCUT2D eigenvalue weighted by atomic mass is 16.5. The molecular formula is C19H16N4O3. The van der Waals surface area contributed by atoms with Crippen molar-refractivity contribution in [2.45, 2.75) is 19.9 Å². The lowest BCUT2D eigenvalue weighted by Gasteiger charge is -2.02. The second-order valence-corrected chi connectivity index (χ2v) is 5.73. The van der Waals surface area contributed by atoms with Crippen LogP contribution >= 0.6 is 0 Å². The summed E-state index contributed by atoms with van der Waals surface area (Å²) in [5, 5.41) is 7.49. The number of carbonyl (C=O) groups is 1. The number of amides is 1. The third kappa shape index (κ3) is 3.06. The summed E-state index contributed by atoms with van der Waals surface area (Å²) in [5.41, 5.74) is 2.58. The maximum absolute atomic E-state index is 12.4. The predicted octanol–water partition coefficient (Wildman–Crippen LogP) is 3.37. The second-order valence-electron chi connectivity index (χ2n) is 5.73. The minimum absolute atomic E-state index is 0.188. The summed E-state index contributed by atoms with van der Waals surface area (Å²) in [6, 6.07) is 11.4. The van der Waals surface area contributed by atoms with Gasteiger partial charge in [0.2, 0.25) is 5.89 Å². The van der Waals surface area contributed by atoms with Crippen molar-refractivity contribution in [1.82, 2.24) is 20.4 Å². The molecule has 0 fully saturated rings. The summed E-state index contributed by atoms with van der Waals surface area (Å²) in [4.78, 5) is 20.7. The zero-order valence-corrected chi connectivity index (χ0v) is 14.1. The summed E-state index contributed by atoms with van der Waals surface area (Å²) >= 11 is 0. The van der Waals surface area contributed by atoms with Gasteiger partial charge in [-0.1, -0.05) is 42.4 Å². The molecule has 0 atom stereocenters. The zero-order chi connectivity index (χ0) is 17.9. The largest absolute Gasteiger partial charge is 0.439 e. The number of hydrogen-bond donors (Lipinski definition) is 1. The third-order valence-electron chi connectivity index (χ3n) is 4.01. The molecule has 1 aromatic carbocycles. The smallest absolute Gasteiger partial charge is 0.257 e. The number of hydrogen-bond acceptors (Lipinski definition) is 6. The van der Waals surface area contributed by atoms with Crippen LogP contribution in [0.3, 0.4) is 0 Å². The molecule has 0 saturated heterocycles. The molecule has 4 aromatic rings. The van der Waals surface area contributed by atoms with Crippen molar-refractivity contribution < 1.29 is 13.7 Å². The molecule has 0 aliphatic heterocycles. The van der Waals surface area contributed by atoms with Crippen LogP contribution in [0.4, 0.5) is 0 Å². The minimum atomic E-state index is -0.262. The second kappa shape index (κ2) is 6.79. The van der Waals surface area contributed by atoms with E-state index in [1.165, 1.54) is 6.20 Å². The first-order chi connectivity index (χ1) is 12.7. The van der Waals surface area contributed by atoms with Crippen molar-refractivity contribution in [3.05, 3.63) is 65.9 Å². The van der Waals surface area contributed by atoms with Crippen LogP contribution in [0.5, 0.6) is 0 Å². The first-order valence-electron chi connectivity index (χ1n) is 8.27. The Morgan fingerprint density at radius 3 is 2.81 bits per heavy atom. The number of benzene rings is 1. The van der Waals surface area contributed by atoms with Crippen molar-refractivity contribution in [3.8, 4) is 11.3 Å². The van der Waals surface area contributed by atoms with Gasteiger partial charge in [0.25, 0.3) is 11.6 Å². The normalized spacial score (nSPS) is 11.0. The number of nitrogens with zero attached hydrogens (tertiary/aromatic N) is 3. The van der Waals surface area contributed by atoms with Crippen LogP contribution in [0.25, 0.3) is 22.4 Å². The lowest BCUT2D eigenvalue weighted by Crippen LogP contribution is -2.23. The minimum Gasteiger partial charge on any atom is -0.439 e. The van der Waals surface area contributed by atoms with Gasteiger partial charge >= 0.3 is 0 Å². The van der Waals surface area contributed by atoms with Crippen LogP contribution in [-0.2, 0) is 13.0 Å². The fraction of sp³-hybridized carbons (Fsp3) is 0.158. The average molecular weight is 348 g/mol. The number of rotatable bonds is 5. The number of aromatic nitrogens is 3. The average Bonchev–Trinajstić information content (AvgIpc) is 3.33. The number of fused-ring (bicyclic) bond motifs is 1. The molecule has 0 saturated carbocycles. The highest BCUT2D eigenvalue weighted by Gasteiger charge is 2.14. The molecule has 0 aliphatic carbocycles. The van der Waals surface area contributed by atoms with Gasteiger partial charge in [-0.05, 0) is 12.5 Å². The summed E-state index contributed by atoms with van der Waals surface area (Å²) in [6.07, 6.45) is 3.82. The fourth-order valence-electron chi connectivity index (χ4n) is 2.64. The topological polar surface area (TPSA) is 94.0 Å². The molecular weight excluding hydrogens is 332 g/mol. The molecule has 0 bridgehead atoms. The molecule has 0 radical (unpaired) electrons. The Kier molecular flexibility index (Phi) is 4.18. The zero-order valence-electron chi connectivity index (χ0n) is 14.1. The van der Waals surface area contributed by atoms with Crippen molar-refractivity contribution in [2.24, 2.45) is 0 Å². The van der Waals surface area contributed by atoms with E-state index >= 15 is 0 Å². The molecule has 0 spiro atoms. The Bertz CT molecular complexity index is 1050. The van der Waals surface area contributed by atoms with Crippen LogP contribution < -0.4 is 5.32 Å². The number of pyridine rings is 1. The number of aryl methyl sites for hydroxylation is 1. The Morgan fingerprint density at radius 2 is 2.00 bits per heavy atom. The summed E-state index contributed by atoms with van der Waals surface area (Å²) < 4.78 is 10.8. The fourth-order valence-corrected chi connectivity index (χ4v) is 2.64. The Hall–Kier alpha value is -3.48. The molecule has 4 rings (SSSR count). The van der Waals surface area contributed by atoms with Crippen LogP contribution in [0.2, 0.25) is 0 Å². The van der Waals surface area contributed by atoms with E-state index in [2.05, 4.69) is 20.4 Å². The lowest BCUT2D eigenvalue weighted by atomic mass is 10.1. The highest BCUT2D eigenvalue weighted by molar-refractivity contribution is 5.96. The highest BCUT2D eigenvalue weighted by Crippen LogP contribution is 2.20. The monoisotopic (exact) mass is 348 g/mol. The van der Waals surface area contributed by atoms with Gasteiger partial charge in [0.15, 0.2) is 5.76 Å². The summed E-state index contributed by atoms with van der Waals surface area (Å²) in [5.74, 6) is 0.836. The van der Waals surface area contributed by atoms with Crippen molar-refractivity contribution in [3.63, 3.8) is 0 Å². The Balaban J connectivity index is 1.46. The summed E-state index contributed by atoms with van der Waals surface area (Å²) in [6.45, 7) is 2.16. The Morgan fingerprint density at radius 1 is 1.15 bits per heavy atom. The molecule has 0 aliphatic rings. The van der Waals surface area contributed by atoms with Crippen molar-refractivity contribution in [2.75, 3.05) is 0 Å². The van der Waals surface area contributed by atoms with Gasteiger partial charge in [-0.15, -0.1) is 0 Å². The standard InChI is InChI=1S/C19H16N4O3/c1-2-15-14-8-13(9-22-19(14)26-23-15)18(24)21-11-17-20-10-16(25-17)12-6-4-3-5-7-12/h3-10H,2,11H2,1H3,(H,21,24). The molecule has 130 valence electrons. The third-order valence-corrected chi connectivity index (χ3v) is 4.01. The maximum atomic E-state index is 12.4. The van der Waals surface area contributed by atoms with Gasteiger partial charge in [-0.3, -0.25) is 4.79 Å². The number of nitrogens with one attached hydrogen (secondary N) is 1. The lowest BCUT2D eigenvalue weighted by molar-refractivity contribution is 0.0947. The predicted molar refractivity (Wildman–Crippen MR) is 94.3 cm³/mol. The quantitative estimate of drug-likeness (QED) is 0.594. The molecule has 0 unspecified atom stereocenters. The first kappa shape index (κ1) is 16.0. The molecule has 26 heavy (non-hydrogen) atoms. The molecule has 1 N–H and O–H groups in total. The van der Waals surface area contributed by atoms with Gasteiger partial charge in [-0.25, -0.2) is 9.97 Å². The van der Waals surface area contributed by atoms with E-state index in [-0.39, 0.29) is 12.5 Å². The van der Waals surface area contributed by atoms with Gasteiger partial charge in [0.05, 0.1) is 29.4 Å². The SMILES string of the molecule is CCc1noc2ncc(C(=O)NCc3ncc(-c4ccccc4)o3)cc12. The Labute approximate surface area is 149 Å². The first-order valence-corrected chi connectivity index (χ1v) is 8.27. The van der Waals surface area contributed by atoms with Gasteiger partial charge in [-0.2, -0.15) is 0 Å². The molecule has 7 heteroatoms. The van der Waals surface area contributed by atoms with Crippen LogP contribution in [0, 0.1) is 0 Å². The molecule has 7 nitrogen and oxygen atoms in total. The van der Waals surface area contributed by atoms with Crippen LogP contribution in [0.1, 0.15) is 28.9 Å². The number of oxazole rings is 1. The van der Waals surface area contributed by atoms with E-state index < -0.39 is 0 Å². The van der Waals surface area contributed by atoms with Crippen LogP contribution in [0.15, 0.2) is 57.7 Å². The van der Waals surface area contributed by atoms with E-state index in [1.54, 1.807) is 12.3 Å². The van der Waals surface area contributed by atoms with Gasteiger partial charge in [0, 0.05) is 11.8 Å². The van der Waals surface area contributed by atoms with Gasteiger partial charge in [0.1, 0.15) is 0 Å². The van der Waals surface area contributed by atoms with E-state index in [9.17, 15) is 4.79 Å². The van der Waals surface area contributed by atoms with Gasteiger partial charge < -0.3 is 14.3 Å². The number of carbonyl (C=O) groups excluding carboxylic acids is 1. The molecule has 1 amide bonds. The van der Waals surface area contributed by atoms with Crippen LogP contribution in [-0.4, -0.2) is 21.0 Å². The maximum Gasteiger partial charge on any atom is 0.257 e. The molecule has 3 heterocycles. The molecule has 3 aromatic heterocycles. The van der Waals surface area contributed by atoms with E-state index in [4.69, 9.17) is 8.94 Å². The van der Waals surface area contributed by atoms with E-state index in [0.717, 1.165) is 16.6 Å². The van der Waals surface area contributed by atoms with E-state index in [1.807, 2.05) is 37.3 Å². The van der Waals surface area contributed by atoms with E-state index in [0.29, 0.717) is 29.3 Å². The van der Waals surface area contributed by atoms with Crippen molar-refractivity contribution >= 4 is 17.0 Å². The van der Waals surface area contributed by atoms with Crippen molar-refractivity contribution in [1.29, 1.82) is 0 Å².